The maximum absolute atomic E-state index is 5.98. The summed E-state index contributed by atoms with van der Waals surface area (Å²) in [5.74, 6) is 0.470. The van der Waals surface area contributed by atoms with Gasteiger partial charge in [-0.3, -0.25) is 0 Å². The molecule has 2 aromatic rings. The highest BCUT2D eigenvalue weighted by atomic mass is 35.5. The van der Waals surface area contributed by atoms with Gasteiger partial charge < -0.3 is 4.40 Å². The fourth-order valence-corrected chi connectivity index (χ4v) is 1.71. The summed E-state index contributed by atoms with van der Waals surface area (Å²) >= 11 is 5.98. The van der Waals surface area contributed by atoms with Crippen LogP contribution in [0.2, 0.25) is 5.02 Å². The molecule has 2 nitrogen and oxygen atoms in total. The number of hydrogen-bond donors (Lipinski definition) is 0. The van der Waals surface area contributed by atoms with Gasteiger partial charge in [0.15, 0.2) is 0 Å². The average molecular weight is 195 g/mol. The van der Waals surface area contributed by atoms with E-state index in [0.29, 0.717) is 5.92 Å². The van der Waals surface area contributed by atoms with Gasteiger partial charge in [0.2, 0.25) is 0 Å². The van der Waals surface area contributed by atoms with Gasteiger partial charge in [0, 0.05) is 6.20 Å². The Bertz CT molecular complexity index is 431. The molecule has 0 atom stereocenters. The quantitative estimate of drug-likeness (QED) is 0.682. The predicted molar refractivity (Wildman–Crippen MR) is 54.3 cm³/mol. The molecule has 2 aromatic heterocycles. The molecule has 2 rings (SSSR count). The standard InChI is InChI=1S/C10H11ClN2/c1-7(2)9-3-8(11)5-13-6-12-4-10(9)13/h3-7H,1-2H3. The minimum absolute atomic E-state index is 0.470. The SMILES string of the molecule is CC(C)c1cc(Cl)cn2cncc12. The summed E-state index contributed by atoms with van der Waals surface area (Å²) in [5, 5.41) is 0.759. The number of imidazole rings is 1. The largest absolute Gasteiger partial charge is 0.305 e. The van der Waals surface area contributed by atoms with E-state index in [2.05, 4.69) is 18.8 Å². The van der Waals surface area contributed by atoms with Crippen molar-refractivity contribution in [3.05, 3.63) is 35.4 Å². The zero-order valence-electron chi connectivity index (χ0n) is 7.66. The van der Waals surface area contributed by atoms with Crippen LogP contribution >= 0.6 is 11.6 Å². The molecular weight excluding hydrogens is 184 g/mol. The Labute approximate surface area is 82.2 Å². The minimum Gasteiger partial charge on any atom is -0.305 e. The van der Waals surface area contributed by atoms with Crippen LogP contribution in [0.4, 0.5) is 0 Å². The van der Waals surface area contributed by atoms with Gasteiger partial charge in [-0.05, 0) is 17.5 Å². The average Bonchev–Trinajstić information content (AvgIpc) is 2.49. The Morgan fingerprint density at radius 1 is 1.46 bits per heavy atom. The molecule has 68 valence electrons. The lowest BCUT2D eigenvalue weighted by Crippen LogP contribution is -1.92. The summed E-state index contributed by atoms with van der Waals surface area (Å²) in [7, 11) is 0. The lowest BCUT2D eigenvalue weighted by atomic mass is 10.0. The van der Waals surface area contributed by atoms with Crippen molar-refractivity contribution in [3.63, 3.8) is 0 Å². The van der Waals surface area contributed by atoms with Gasteiger partial charge in [0.1, 0.15) is 0 Å². The van der Waals surface area contributed by atoms with Gasteiger partial charge in [-0.15, -0.1) is 0 Å². The zero-order chi connectivity index (χ0) is 9.42. The van der Waals surface area contributed by atoms with E-state index in [-0.39, 0.29) is 0 Å². The summed E-state index contributed by atoms with van der Waals surface area (Å²) in [4.78, 5) is 4.09. The van der Waals surface area contributed by atoms with Crippen LogP contribution in [0.15, 0.2) is 24.8 Å². The fraction of sp³-hybridized carbons (Fsp3) is 0.300. The number of hydrogen-bond acceptors (Lipinski definition) is 1. The third kappa shape index (κ3) is 1.42. The van der Waals surface area contributed by atoms with Gasteiger partial charge in [-0.1, -0.05) is 25.4 Å². The van der Waals surface area contributed by atoms with E-state index < -0.39 is 0 Å². The summed E-state index contributed by atoms with van der Waals surface area (Å²) in [6, 6.07) is 2.00. The van der Waals surface area contributed by atoms with Gasteiger partial charge in [0.25, 0.3) is 0 Å². The number of aromatic nitrogens is 2. The molecule has 0 bridgehead atoms. The van der Waals surface area contributed by atoms with E-state index in [1.807, 2.05) is 22.9 Å². The molecule has 0 aliphatic heterocycles. The molecule has 0 unspecified atom stereocenters. The molecular formula is C10H11ClN2. The molecule has 0 aliphatic carbocycles. The van der Waals surface area contributed by atoms with E-state index in [1.165, 1.54) is 5.56 Å². The van der Waals surface area contributed by atoms with Crippen LogP contribution in [0, 0.1) is 0 Å². The number of pyridine rings is 1. The molecule has 0 aliphatic rings. The van der Waals surface area contributed by atoms with Gasteiger partial charge >= 0.3 is 0 Å². The molecule has 3 heteroatoms. The maximum atomic E-state index is 5.98. The second-order valence-corrected chi connectivity index (χ2v) is 3.89. The van der Waals surface area contributed by atoms with Crippen LogP contribution in [0.1, 0.15) is 25.3 Å². The lowest BCUT2D eigenvalue weighted by molar-refractivity contribution is 0.867. The number of nitrogens with zero attached hydrogens (tertiary/aromatic N) is 2. The van der Waals surface area contributed by atoms with Gasteiger partial charge in [-0.2, -0.15) is 0 Å². The highest BCUT2D eigenvalue weighted by Crippen LogP contribution is 2.23. The first kappa shape index (κ1) is 8.57. The van der Waals surface area contributed by atoms with Crippen LogP contribution in [-0.2, 0) is 0 Å². The maximum Gasteiger partial charge on any atom is 0.0992 e. The van der Waals surface area contributed by atoms with E-state index in [9.17, 15) is 0 Å². The molecule has 0 aromatic carbocycles. The summed E-state index contributed by atoms with van der Waals surface area (Å²) in [6.45, 7) is 4.30. The molecule has 0 spiro atoms. The Morgan fingerprint density at radius 3 is 2.92 bits per heavy atom. The van der Waals surface area contributed by atoms with Crippen molar-refractivity contribution in [2.24, 2.45) is 0 Å². The fourth-order valence-electron chi connectivity index (χ4n) is 1.49. The molecule has 0 saturated heterocycles. The van der Waals surface area contributed by atoms with E-state index in [4.69, 9.17) is 11.6 Å². The first-order chi connectivity index (χ1) is 6.18. The van der Waals surface area contributed by atoms with Crippen LogP contribution in [-0.4, -0.2) is 9.38 Å². The monoisotopic (exact) mass is 194 g/mol. The van der Waals surface area contributed by atoms with Crippen molar-refractivity contribution in [2.75, 3.05) is 0 Å². The second kappa shape index (κ2) is 3.04. The minimum atomic E-state index is 0.470. The molecule has 0 radical (unpaired) electrons. The van der Waals surface area contributed by atoms with Crippen molar-refractivity contribution >= 4 is 17.1 Å². The number of fused-ring (bicyclic) bond motifs is 1. The zero-order valence-corrected chi connectivity index (χ0v) is 8.42. The van der Waals surface area contributed by atoms with Gasteiger partial charge in [0.05, 0.1) is 23.1 Å². The first-order valence-corrected chi connectivity index (χ1v) is 4.67. The number of halogens is 1. The highest BCUT2D eigenvalue weighted by Gasteiger charge is 2.06. The van der Waals surface area contributed by atoms with Crippen LogP contribution in [0.5, 0.6) is 0 Å². The Kier molecular flexibility index (Phi) is 2.00. The molecule has 13 heavy (non-hydrogen) atoms. The van der Waals surface area contributed by atoms with Crippen LogP contribution in [0.3, 0.4) is 0 Å². The Hall–Kier alpha value is -1.02. The summed E-state index contributed by atoms with van der Waals surface area (Å²) in [6.07, 6.45) is 5.51. The predicted octanol–water partition coefficient (Wildman–Crippen LogP) is 3.11. The lowest BCUT2D eigenvalue weighted by Gasteiger charge is -2.08. The second-order valence-electron chi connectivity index (χ2n) is 3.45. The van der Waals surface area contributed by atoms with E-state index in [0.717, 1.165) is 10.5 Å². The third-order valence-corrected chi connectivity index (χ3v) is 2.35. The molecule has 0 saturated carbocycles. The Balaban J connectivity index is 2.77. The topological polar surface area (TPSA) is 17.3 Å². The van der Waals surface area contributed by atoms with Crippen molar-refractivity contribution in [3.8, 4) is 0 Å². The summed E-state index contributed by atoms with van der Waals surface area (Å²) in [5.41, 5.74) is 2.38. The van der Waals surface area contributed by atoms with Crippen molar-refractivity contribution < 1.29 is 0 Å². The van der Waals surface area contributed by atoms with Crippen LogP contribution < -0.4 is 0 Å². The van der Waals surface area contributed by atoms with Crippen molar-refractivity contribution in [1.29, 1.82) is 0 Å². The Morgan fingerprint density at radius 2 is 2.23 bits per heavy atom. The normalized spacial score (nSPS) is 11.4. The first-order valence-electron chi connectivity index (χ1n) is 4.29. The molecule has 0 amide bonds. The number of rotatable bonds is 1. The third-order valence-electron chi connectivity index (χ3n) is 2.14. The van der Waals surface area contributed by atoms with E-state index in [1.54, 1.807) is 6.33 Å². The van der Waals surface area contributed by atoms with E-state index >= 15 is 0 Å². The van der Waals surface area contributed by atoms with Crippen molar-refractivity contribution in [1.82, 2.24) is 9.38 Å². The smallest absolute Gasteiger partial charge is 0.0992 e. The summed E-state index contributed by atoms with van der Waals surface area (Å²) < 4.78 is 1.96. The van der Waals surface area contributed by atoms with Crippen LogP contribution in [0.25, 0.3) is 5.52 Å². The molecule has 0 N–H and O–H groups in total. The van der Waals surface area contributed by atoms with Gasteiger partial charge in [-0.25, -0.2) is 4.98 Å². The van der Waals surface area contributed by atoms with Crippen molar-refractivity contribution in [2.45, 2.75) is 19.8 Å². The highest BCUT2D eigenvalue weighted by molar-refractivity contribution is 6.30. The molecule has 2 heterocycles. The molecule has 0 fully saturated rings.